The molecular weight excluding hydrogens is 280 g/mol. The number of nitrogens with one attached hydrogen (secondary N) is 2. The normalized spacial score (nSPS) is 14.2. The number of nitrogen functional groups attached to an aromatic ring is 1. The second-order valence-electron chi connectivity index (χ2n) is 5.31. The molecule has 0 bridgehead atoms. The number of rotatable bonds is 6. The van der Waals surface area contributed by atoms with E-state index in [1.54, 1.807) is 13.2 Å². The highest BCUT2D eigenvalue weighted by molar-refractivity contribution is 7.84. The van der Waals surface area contributed by atoms with E-state index < -0.39 is 22.0 Å². The lowest BCUT2D eigenvalue weighted by Gasteiger charge is -2.18. The number of aromatic nitrogens is 2. The predicted molar refractivity (Wildman–Crippen MR) is 82.6 cm³/mol. The molecule has 114 valence electrons. The number of aromatic amines is 1. The van der Waals surface area contributed by atoms with Crippen LogP contribution < -0.4 is 22.3 Å². The van der Waals surface area contributed by atoms with Gasteiger partial charge in [-0.3, -0.25) is 18.6 Å². The maximum absolute atomic E-state index is 11.8. The molecule has 0 saturated carbocycles. The first-order chi connectivity index (χ1) is 9.22. The van der Waals surface area contributed by atoms with Gasteiger partial charge in [0.05, 0.1) is 0 Å². The van der Waals surface area contributed by atoms with Crippen molar-refractivity contribution in [2.24, 2.45) is 5.92 Å². The second-order valence-corrected chi connectivity index (χ2v) is 6.79. The SMILES string of the molecule is CC(C)Cn1c(N)c(NC(C)CS(C)=O)c(=O)[nH]c1=O. The van der Waals surface area contributed by atoms with Crippen LogP contribution in [0.2, 0.25) is 0 Å². The van der Waals surface area contributed by atoms with Gasteiger partial charge in [0.15, 0.2) is 0 Å². The molecule has 0 aliphatic carbocycles. The summed E-state index contributed by atoms with van der Waals surface area (Å²) in [7, 11) is -0.985. The predicted octanol–water partition coefficient (Wildman–Crippen LogP) is -0.0463. The van der Waals surface area contributed by atoms with Crippen molar-refractivity contribution in [2.75, 3.05) is 23.1 Å². The fourth-order valence-corrected chi connectivity index (χ4v) is 2.70. The summed E-state index contributed by atoms with van der Waals surface area (Å²) in [5, 5.41) is 2.93. The molecule has 0 saturated heterocycles. The Balaban J connectivity index is 3.16. The van der Waals surface area contributed by atoms with Crippen molar-refractivity contribution in [1.29, 1.82) is 0 Å². The highest BCUT2D eigenvalue weighted by Crippen LogP contribution is 2.13. The number of nitrogens with zero attached hydrogens (tertiary/aromatic N) is 1. The van der Waals surface area contributed by atoms with E-state index >= 15 is 0 Å². The van der Waals surface area contributed by atoms with E-state index in [2.05, 4.69) is 10.3 Å². The van der Waals surface area contributed by atoms with Crippen LogP contribution in [0.25, 0.3) is 0 Å². The lowest BCUT2D eigenvalue weighted by Crippen LogP contribution is -2.37. The van der Waals surface area contributed by atoms with Crippen LogP contribution in [-0.4, -0.2) is 31.8 Å². The van der Waals surface area contributed by atoms with Gasteiger partial charge < -0.3 is 11.1 Å². The van der Waals surface area contributed by atoms with Crippen molar-refractivity contribution in [3.8, 4) is 0 Å². The molecule has 0 amide bonds. The Hall–Kier alpha value is -1.57. The highest BCUT2D eigenvalue weighted by atomic mass is 32.2. The zero-order valence-electron chi connectivity index (χ0n) is 12.2. The first-order valence-electron chi connectivity index (χ1n) is 6.41. The van der Waals surface area contributed by atoms with Gasteiger partial charge in [-0.15, -0.1) is 0 Å². The fraction of sp³-hybridized carbons (Fsp3) is 0.667. The van der Waals surface area contributed by atoms with Gasteiger partial charge in [0, 0.05) is 35.4 Å². The van der Waals surface area contributed by atoms with Crippen LogP contribution in [0.3, 0.4) is 0 Å². The smallest absolute Gasteiger partial charge is 0.330 e. The van der Waals surface area contributed by atoms with Gasteiger partial charge in [-0.1, -0.05) is 13.8 Å². The standard InChI is InChI=1S/C12H22N4O3S/c1-7(2)5-16-10(13)9(11(17)15-12(16)18)14-8(3)6-20(4)19/h7-8,14H,5-6,13H2,1-4H3,(H,15,17,18). The van der Waals surface area contributed by atoms with Crippen molar-refractivity contribution in [2.45, 2.75) is 33.4 Å². The van der Waals surface area contributed by atoms with Crippen molar-refractivity contribution >= 4 is 22.3 Å². The van der Waals surface area contributed by atoms with E-state index in [4.69, 9.17) is 5.73 Å². The van der Waals surface area contributed by atoms with Gasteiger partial charge in [-0.2, -0.15) is 0 Å². The molecule has 1 aromatic rings. The summed E-state index contributed by atoms with van der Waals surface area (Å²) in [6.45, 7) is 6.13. The Labute approximate surface area is 120 Å². The van der Waals surface area contributed by atoms with E-state index in [1.807, 2.05) is 13.8 Å². The molecule has 0 aliphatic heterocycles. The van der Waals surface area contributed by atoms with Crippen LogP contribution >= 0.6 is 0 Å². The molecule has 1 heterocycles. The van der Waals surface area contributed by atoms with Crippen molar-refractivity contribution in [3.63, 3.8) is 0 Å². The summed E-state index contributed by atoms with van der Waals surface area (Å²) in [6.07, 6.45) is 1.59. The highest BCUT2D eigenvalue weighted by Gasteiger charge is 2.15. The van der Waals surface area contributed by atoms with E-state index in [1.165, 1.54) is 4.57 Å². The lowest BCUT2D eigenvalue weighted by atomic mass is 10.2. The summed E-state index contributed by atoms with van der Waals surface area (Å²) < 4.78 is 12.5. The average Bonchev–Trinajstić information content (AvgIpc) is 2.29. The van der Waals surface area contributed by atoms with Gasteiger partial charge in [-0.25, -0.2) is 4.79 Å². The molecule has 0 fully saturated rings. The molecule has 8 heteroatoms. The lowest BCUT2D eigenvalue weighted by molar-refractivity contribution is 0.508. The fourth-order valence-electron chi connectivity index (χ4n) is 1.91. The van der Waals surface area contributed by atoms with Crippen LogP contribution in [0.4, 0.5) is 11.5 Å². The quantitative estimate of drug-likeness (QED) is 0.682. The molecule has 7 nitrogen and oxygen atoms in total. The molecule has 1 rings (SSSR count). The molecule has 0 aromatic carbocycles. The summed E-state index contributed by atoms with van der Waals surface area (Å²) in [6, 6.07) is -0.186. The van der Waals surface area contributed by atoms with Crippen molar-refractivity contribution < 1.29 is 4.21 Å². The van der Waals surface area contributed by atoms with Crippen molar-refractivity contribution in [3.05, 3.63) is 20.8 Å². The molecular formula is C12H22N4O3S. The number of hydrogen-bond donors (Lipinski definition) is 3. The first kappa shape index (κ1) is 16.5. The zero-order valence-corrected chi connectivity index (χ0v) is 13.0. The topological polar surface area (TPSA) is 110 Å². The maximum atomic E-state index is 11.8. The second kappa shape index (κ2) is 6.74. The van der Waals surface area contributed by atoms with Crippen LogP contribution in [0, 0.1) is 5.92 Å². The minimum atomic E-state index is -0.985. The Bertz CT molecular complexity index is 606. The third-order valence-corrected chi connectivity index (χ3v) is 3.63. The monoisotopic (exact) mass is 302 g/mol. The Morgan fingerprint density at radius 2 is 1.95 bits per heavy atom. The third-order valence-electron chi connectivity index (χ3n) is 2.66. The Morgan fingerprint density at radius 3 is 2.45 bits per heavy atom. The molecule has 2 atom stereocenters. The largest absolute Gasteiger partial charge is 0.383 e. The Morgan fingerprint density at radius 1 is 1.35 bits per heavy atom. The van der Waals surface area contributed by atoms with Gasteiger partial charge in [0.1, 0.15) is 11.5 Å². The van der Waals surface area contributed by atoms with E-state index in [9.17, 15) is 13.8 Å². The van der Waals surface area contributed by atoms with Crippen LogP contribution in [0.15, 0.2) is 9.59 Å². The van der Waals surface area contributed by atoms with Gasteiger partial charge in [-0.05, 0) is 12.8 Å². The summed E-state index contributed by atoms with van der Waals surface area (Å²) in [5.74, 6) is 0.720. The summed E-state index contributed by atoms with van der Waals surface area (Å²) >= 11 is 0. The zero-order chi connectivity index (χ0) is 15.4. The number of hydrogen-bond acceptors (Lipinski definition) is 5. The van der Waals surface area contributed by atoms with E-state index in [-0.39, 0.29) is 23.5 Å². The first-order valence-corrected chi connectivity index (χ1v) is 8.14. The molecule has 1 aromatic heterocycles. The summed E-state index contributed by atoms with van der Waals surface area (Å²) in [4.78, 5) is 25.8. The number of H-pyrrole nitrogens is 1. The van der Waals surface area contributed by atoms with Gasteiger partial charge in [0.25, 0.3) is 5.56 Å². The van der Waals surface area contributed by atoms with Crippen LogP contribution in [-0.2, 0) is 17.3 Å². The molecule has 0 aliphatic rings. The molecule has 4 N–H and O–H groups in total. The van der Waals surface area contributed by atoms with Gasteiger partial charge in [0.2, 0.25) is 0 Å². The number of anilines is 2. The molecule has 0 spiro atoms. The molecule has 2 unspecified atom stereocenters. The minimum Gasteiger partial charge on any atom is -0.383 e. The minimum absolute atomic E-state index is 0.112. The van der Waals surface area contributed by atoms with E-state index in [0.29, 0.717) is 12.3 Å². The third kappa shape index (κ3) is 4.22. The number of nitrogens with two attached hydrogens (primary N) is 1. The van der Waals surface area contributed by atoms with Crippen molar-refractivity contribution in [1.82, 2.24) is 9.55 Å². The summed E-state index contributed by atoms with van der Waals surface area (Å²) in [5.41, 5.74) is 5.00. The van der Waals surface area contributed by atoms with Gasteiger partial charge >= 0.3 is 5.69 Å². The average molecular weight is 302 g/mol. The molecule has 20 heavy (non-hydrogen) atoms. The van der Waals surface area contributed by atoms with Crippen LogP contribution in [0.5, 0.6) is 0 Å². The maximum Gasteiger partial charge on any atom is 0.330 e. The van der Waals surface area contributed by atoms with E-state index in [0.717, 1.165) is 0 Å². The Kier molecular flexibility index (Phi) is 5.55. The van der Waals surface area contributed by atoms with Crippen LogP contribution in [0.1, 0.15) is 20.8 Å². The molecule has 0 radical (unpaired) electrons.